The number of amides is 2. The second-order valence-corrected chi connectivity index (χ2v) is 4.64. The summed E-state index contributed by atoms with van der Waals surface area (Å²) in [6, 6.07) is 6.99. The molecule has 0 saturated carbocycles. The van der Waals surface area contributed by atoms with Crippen LogP contribution in [0.15, 0.2) is 24.3 Å². The normalized spacial score (nSPS) is 16.4. The van der Waals surface area contributed by atoms with Crippen LogP contribution in [0.3, 0.4) is 0 Å². The fourth-order valence-electron chi connectivity index (χ4n) is 1.94. The Morgan fingerprint density at radius 2 is 2.10 bits per heavy atom. The summed E-state index contributed by atoms with van der Waals surface area (Å²) in [5, 5.41) is 13.7. The van der Waals surface area contributed by atoms with E-state index in [1.54, 1.807) is 24.3 Å². The number of carboxylic acid groups (broad SMARTS) is 1. The third-order valence-corrected chi connectivity index (χ3v) is 2.97. The summed E-state index contributed by atoms with van der Waals surface area (Å²) in [5.74, 6) is -1.09. The van der Waals surface area contributed by atoms with E-state index in [0.717, 1.165) is 0 Å². The SMILES string of the molecule is O=C(O)CCCNC(=O)CC1Oc2ccccc2NC1=O. The number of fused-ring (bicyclic) bond motifs is 1. The van der Waals surface area contributed by atoms with E-state index < -0.39 is 12.1 Å². The maximum absolute atomic E-state index is 11.8. The number of carboxylic acids is 1. The van der Waals surface area contributed by atoms with Crippen LogP contribution < -0.4 is 15.4 Å². The summed E-state index contributed by atoms with van der Waals surface area (Å²) in [6.07, 6.45) is -0.637. The molecule has 1 aliphatic heterocycles. The molecule has 1 atom stereocenters. The van der Waals surface area contributed by atoms with E-state index in [0.29, 0.717) is 17.9 Å². The van der Waals surface area contributed by atoms with E-state index in [4.69, 9.17) is 9.84 Å². The molecular formula is C14H16N2O5. The molecule has 1 aromatic rings. The topological polar surface area (TPSA) is 105 Å². The van der Waals surface area contributed by atoms with Crippen LogP contribution in [0.5, 0.6) is 5.75 Å². The Kier molecular flexibility index (Phi) is 4.76. The van der Waals surface area contributed by atoms with Crippen LogP contribution in [0.2, 0.25) is 0 Å². The van der Waals surface area contributed by atoms with Gasteiger partial charge in [0, 0.05) is 13.0 Å². The number of carbonyl (C=O) groups is 3. The number of anilines is 1. The third-order valence-electron chi connectivity index (χ3n) is 2.97. The van der Waals surface area contributed by atoms with Crippen LogP contribution in [0.25, 0.3) is 0 Å². The molecule has 21 heavy (non-hydrogen) atoms. The van der Waals surface area contributed by atoms with Crippen LogP contribution in [0.1, 0.15) is 19.3 Å². The highest BCUT2D eigenvalue weighted by molar-refractivity contribution is 5.99. The quantitative estimate of drug-likeness (QED) is 0.671. The van der Waals surface area contributed by atoms with E-state index >= 15 is 0 Å². The number of benzene rings is 1. The van der Waals surface area contributed by atoms with Gasteiger partial charge in [-0.1, -0.05) is 12.1 Å². The number of nitrogens with one attached hydrogen (secondary N) is 2. The minimum atomic E-state index is -0.907. The van der Waals surface area contributed by atoms with Gasteiger partial charge >= 0.3 is 5.97 Å². The smallest absolute Gasteiger partial charge is 0.303 e. The molecule has 3 N–H and O–H groups in total. The van der Waals surface area contributed by atoms with E-state index in [9.17, 15) is 14.4 Å². The average molecular weight is 292 g/mol. The van der Waals surface area contributed by atoms with Gasteiger partial charge in [-0.3, -0.25) is 14.4 Å². The summed E-state index contributed by atoms with van der Waals surface area (Å²) in [4.78, 5) is 33.8. The van der Waals surface area contributed by atoms with Gasteiger partial charge in [0.25, 0.3) is 5.91 Å². The first-order valence-electron chi connectivity index (χ1n) is 6.61. The maximum Gasteiger partial charge on any atom is 0.303 e. The lowest BCUT2D eigenvalue weighted by molar-refractivity contribution is -0.137. The highest BCUT2D eigenvalue weighted by Crippen LogP contribution is 2.29. The molecule has 2 amide bonds. The molecule has 1 aliphatic rings. The molecule has 2 rings (SSSR count). The molecule has 0 spiro atoms. The Balaban J connectivity index is 1.82. The van der Waals surface area contributed by atoms with Gasteiger partial charge in [-0.25, -0.2) is 0 Å². The van der Waals surface area contributed by atoms with Gasteiger partial charge in [-0.15, -0.1) is 0 Å². The van der Waals surface area contributed by atoms with Gasteiger partial charge in [-0.2, -0.15) is 0 Å². The third kappa shape index (κ3) is 4.20. The molecule has 0 radical (unpaired) electrons. The van der Waals surface area contributed by atoms with Crippen LogP contribution in [-0.2, 0) is 14.4 Å². The molecular weight excluding hydrogens is 276 g/mol. The number of para-hydroxylation sites is 2. The fraction of sp³-hybridized carbons (Fsp3) is 0.357. The van der Waals surface area contributed by atoms with Crippen molar-refractivity contribution in [1.82, 2.24) is 5.32 Å². The van der Waals surface area contributed by atoms with Crippen molar-refractivity contribution in [2.75, 3.05) is 11.9 Å². The molecule has 0 saturated heterocycles. The molecule has 1 aromatic carbocycles. The number of aliphatic carboxylic acids is 1. The largest absolute Gasteiger partial charge is 0.481 e. The Morgan fingerprint density at radius 1 is 1.33 bits per heavy atom. The molecule has 7 heteroatoms. The van der Waals surface area contributed by atoms with E-state index in [-0.39, 0.29) is 31.2 Å². The zero-order valence-corrected chi connectivity index (χ0v) is 11.3. The summed E-state index contributed by atoms with van der Waals surface area (Å²) in [7, 11) is 0. The van der Waals surface area contributed by atoms with Crippen molar-refractivity contribution in [2.24, 2.45) is 0 Å². The van der Waals surface area contributed by atoms with Crippen molar-refractivity contribution in [2.45, 2.75) is 25.4 Å². The minimum absolute atomic E-state index is 0.00588. The molecule has 0 aromatic heterocycles. The first-order valence-corrected chi connectivity index (χ1v) is 6.61. The molecule has 0 fully saturated rings. The second-order valence-electron chi connectivity index (χ2n) is 4.64. The van der Waals surface area contributed by atoms with Crippen LogP contribution in [0, 0.1) is 0 Å². The molecule has 1 heterocycles. The molecule has 0 aliphatic carbocycles. The summed E-state index contributed by atoms with van der Waals surface area (Å²) in [6.45, 7) is 0.260. The van der Waals surface area contributed by atoms with Gasteiger partial charge in [0.15, 0.2) is 6.10 Å². The second kappa shape index (κ2) is 6.74. The lowest BCUT2D eigenvalue weighted by Crippen LogP contribution is -2.41. The van der Waals surface area contributed by atoms with Gasteiger partial charge in [0.1, 0.15) is 5.75 Å². The Bertz CT molecular complexity index is 558. The first-order chi connectivity index (χ1) is 10.1. The number of rotatable bonds is 6. The predicted molar refractivity (Wildman–Crippen MR) is 74.0 cm³/mol. The lowest BCUT2D eigenvalue weighted by atomic mass is 10.1. The Labute approximate surface area is 121 Å². The Hall–Kier alpha value is -2.57. The first kappa shape index (κ1) is 14.8. The molecule has 112 valence electrons. The van der Waals surface area contributed by atoms with E-state index in [2.05, 4.69) is 10.6 Å². The number of ether oxygens (including phenoxy) is 1. The van der Waals surface area contributed by atoms with Crippen molar-refractivity contribution in [1.29, 1.82) is 0 Å². The number of hydrogen-bond acceptors (Lipinski definition) is 4. The highest BCUT2D eigenvalue weighted by atomic mass is 16.5. The Morgan fingerprint density at radius 3 is 2.86 bits per heavy atom. The van der Waals surface area contributed by atoms with Crippen LogP contribution in [-0.4, -0.2) is 35.5 Å². The standard InChI is InChI=1S/C14H16N2O5/c17-12(15-7-3-6-13(18)19)8-11-14(20)16-9-4-1-2-5-10(9)21-11/h1-2,4-5,11H,3,6-8H2,(H,15,17)(H,16,20)(H,18,19). The van der Waals surface area contributed by atoms with E-state index in [1.165, 1.54) is 0 Å². The van der Waals surface area contributed by atoms with Gasteiger partial charge in [-0.05, 0) is 18.6 Å². The fourth-order valence-corrected chi connectivity index (χ4v) is 1.94. The lowest BCUT2D eigenvalue weighted by Gasteiger charge is -2.25. The summed E-state index contributed by atoms with van der Waals surface area (Å²) in [5.41, 5.74) is 0.584. The summed E-state index contributed by atoms with van der Waals surface area (Å²) >= 11 is 0. The predicted octanol–water partition coefficient (Wildman–Crippen LogP) is 0.757. The highest BCUT2D eigenvalue weighted by Gasteiger charge is 2.29. The maximum atomic E-state index is 11.8. The van der Waals surface area contributed by atoms with Crippen molar-refractivity contribution in [3.8, 4) is 5.75 Å². The van der Waals surface area contributed by atoms with Crippen molar-refractivity contribution < 1.29 is 24.2 Å². The monoisotopic (exact) mass is 292 g/mol. The van der Waals surface area contributed by atoms with Crippen LogP contribution >= 0.6 is 0 Å². The van der Waals surface area contributed by atoms with Crippen molar-refractivity contribution in [3.63, 3.8) is 0 Å². The van der Waals surface area contributed by atoms with Gasteiger partial charge < -0.3 is 20.5 Å². The zero-order chi connectivity index (χ0) is 15.2. The van der Waals surface area contributed by atoms with Crippen molar-refractivity contribution in [3.05, 3.63) is 24.3 Å². The molecule has 7 nitrogen and oxygen atoms in total. The number of carbonyl (C=O) groups excluding carboxylic acids is 2. The van der Waals surface area contributed by atoms with Gasteiger partial charge in [0.2, 0.25) is 5.91 Å². The minimum Gasteiger partial charge on any atom is -0.481 e. The molecule has 0 bridgehead atoms. The van der Waals surface area contributed by atoms with Gasteiger partial charge in [0.05, 0.1) is 12.1 Å². The zero-order valence-electron chi connectivity index (χ0n) is 11.3. The summed E-state index contributed by atoms with van der Waals surface area (Å²) < 4.78 is 5.49. The molecule has 1 unspecified atom stereocenters. The van der Waals surface area contributed by atoms with Crippen LogP contribution in [0.4, 0.5) is 5.69 Å². The average Bonchev–Trinajstić information content (AvgIpc) is 2.44. The van der Waals surface area contributed by atoms with Crippen molar-refractivity contribution >= 4 is 23.5 Å². The van der Waals surface area contributed by atoms with E-state index in [1.807, 2.05) is 0 Å². The number of hydrogen-bond donors (Lipinski definition) is 3.